The summed E-state index contributed by atoms with van der Waals surface area (Å²) in [5.74, 6) is 0. The molecule has 0 aromatic heterocycles. The van der Waals surface area contributed by atoms with Gasteiger partial charge in [-0.1, -0.05) is 25.0 Å². The van der Waals surface area contributed by atoms with Crippen LogP contribution in [0, 0.1) is 10.1 Å². The second-order valence-electron chi connectivity index (χ2n) is 4.05. The highest BCUT2D eigenvalue weighted by atomic mass is 16.6. The standard InChI is InChI=1S/C13H17NO4/c15-11-18-10-4-2-1-3-5-12-6-8-13(9-7-12)14(16)17/h6-9,11H,1-5,10H2. The molecule has 0 fully saturated rings. The molecule has 0 amide bonds. The lowest BCUT2D eigenvalue weighted by Crippen LogP contribution is -1.92. The van der Waals surface area contributed by atoms with Gasteiger partial charge in [0.2, 0.25) is 0 Å². The van der Waals surface area contributed by atoms with Crippen molar-refractivity contribution in [1.29, 1.82) is 0 Å². The van der Waals surface area contributed by atoms with E-state index < -0.39 is 4.92 Å². The van der Waals surface area contributed by atoms with Gasteiger partial charge in [-0.15, -0.1) is 0 Å². The lowest BCUT2D eigenvalue weighted by atomic mass is 10.1. The number of nitro groups is 1. The molecule has 98 valence electrons. The van der Waals surface area contributed by atoms with Crippen molar-refractivity contribution in [1.82, 2.24) is 0 Å². The van der Waals surface area contributed by atoms with E-state index in [4.69, 9.17) is 0 Å². The largest absolute Gasteiger partial charge is 0.468 e. The minimum absolute atomic E-state index is 0.129. The summed E-state index contributed by atoms with van der Waals surface area (Å²) in [6, 6.07) is 6.67. The molecule has 0 atom stereocenters. The maximum absolute atomic E-state index is 10.5. The van der Waals surface area contributed by atoms with E-state index in [-0.39, 0.29) is 5.69 Å². The minimum atomic E-state index is -0.392. The first-order valence-electron chi connectivity index (χ1n) is 6.02. The third kappa shape index (κ3) is 5.43. The third-order valence-corrected chi connectivity index (χ3v) is 2.69. The number of carbonyl (C=O) groups excluding carboxylic acids is 1. The average molecular weight is 251 g/mol. The molecule has 0 spiro atoms. The van der Waals surface area contributed by atoms with Gasteiger partial charge in [0, 0.05) is 12.1 Å². The Labute approximate surface area is 106 Å². The van der Waals surface area contributed by atoms with Crippen LogP contribution in [0.5, 0.6) is 0 Å². The zero-order chi connectivity index (χ0) is 13.2. The number of aryl methyl sites for hydroxylation is 1. The highest BCUT2D eigenvalue weighted by Crippen LogP contribution is 2.14. The third-order valence-electron chi connectivity index (χ3n) is 2.69. The summed E-state index contributed by atoms with van der Waals surface area (Å²) in [4.78, 5) is 20.0. The molecule has 5 nitrogen and oxygen atoms in total. The van der Waals surface area contributed by atoms with Gasteiger partial charge in [-0.3, -0.25) is 14.9 Å². The Morgan fingerprint density at radius 2 is 1.78 bits per heavy atom. The molecule has 0 N–H and O–H groups in total. The lowest BCUT2D eigenvalue weighted by molar-refractivity contribution is -0.384. The van der Waals surface area contributed by atoms with Crippen LogP contribution in [0.3, 0.4) is 0 Å². The van der Waals surface area contributed by atoms with Crippen molar-refractivity contribution in [3.63, 3.8) is 0 Å². The molecule has 0 aliphatic heterocycles. The van der Waals surface area contributed by atoms with Crippen LogP contribution in [0.15, 0.2) is 24.3 Å². The van der Waals surface area contributed by atoms with Crippen molar-refractivity contribution < 1.29 is 14.5 Å². The van der Waals surface area contributed by atoms with Crippen molar-refractivity contribution in [3.8, 4) is 0 Å². The van der Waals surface area contributed by atoms with Crippen LogP contribution < -0.4 is 0 Å². The first-order chi connectivity index (χ1) is 8.74. The number of nitro benzene ring substituents is 1. The van der Waals surface area contributed by atoms with Gasteiger partial charge >= 0.3 is 0 Å². The van der Waals surface area contributed by atoms with Crippen LogP contribution in [-0.4, -0.2) is 18.0 Å². The number of rotatable bonds is 9. The summed E-state index contributed by atoms with van der Waals surface area (Å²) in [6.07, 6.45) is 4.95. The lowest BCUT2D eigenvalue weighted by Gasteiger charge is -2.02. The molecule has 0 unspecified atom stereocenters. The van der Waals surface area contributed by atoms with Gasteiger partial charge < -0.3 is 4.74 Å². The normalized spacial score (nSPS) is 10.0. The fourth-order valence-electron chi connectivity index (χ4n) is 1.70. The molecule has 0 aliphatic rings. The molecule has 0 saturated carbocycles. The molecule has 0 saturated heterocycles. The zero-order valence-corrected chi connectivity index (χ0v) is 10.2. The highest BCUT2D eigenvalue weighted by molar-refractivity contribution is 5.36. The second-order valence-corrected chi connectivity index (χ2v) is 4.05. The first-order valence-corrected chi connectivity index (χ1v) is 6.02. The molecular formula is C13H17NO4. The van der Waals surface area contributed by atoms with Gasteiger partial charge in [-0.25, -0.2) is 0 Å². The SMILES string of the molecule is O=COCCCCCCc1ccc([N+](=O)[O-])cc1. The number of nitrogens with zero attached hydrogens (tertiary/aromatic N) is 1. The molecule has 0 heterocycles. The summed E-state index contributed by atoms with van der Waals surface area (Å²) in [7, 11) is 0. The van der Waals surface area contributed by atoms with Crippen LogP contribution in [0.25, 0.3) is 0 Å². The topological polar surface area (TPSA) is 69.4 Å². The van der Waals surface area contributed by atoms with Crippen LogP contribution in [0.4, 0.5) is 5.69 Å². The monoisotopic (exact) mass is 251 g/mol. The van der Waals surface area contributed by atoms with Crippen LogP contribution >= 0.6 is 0 Å². The molecular weight excluding hydrogens is 234 g/mol. The number of unbranched alkanes of at least 4 members (excludes halogenated alkanes) is 3. The quantitative estimate of drug-likeness (QED) is 0.293. The van der Waals surface area contributed by atoms with E-state index >= 15 is 0 Å². The van der Waals surface area contributed by atoms with E-state index in [1.807, 2.05) is 0 Å². The maximum Gasteiger partial charge on any atom is 0.293 e. The van der Waals surface area contributed by atoms with E-state index in [1.54, 1.807) is 12.1 Å². The van der Waals surface area contributed by atoms with Gasteiger partial charge in [0.15, 0.2) is 0 Å². The van der Waals surface area contributed by atoms with E-state index in [9.17, 15) is 14.9 Å². The summed E-state index contributed by atoms with van der Waals surface area (Å²) >= 11 is 0. The van der Waals surface area contributed by atoms with Crippen molar-refractivity contribution in [2.75, 3.05) is 6.61 Å². The Morgan fingerprint density at radius 1 is 1.11 bits per heavy atom. The summed E-state index contributed by atoms with van der Waals surface area (Å²) in [5, 5.41) is 10.5. The van der Waals surface area contributed by atoms with Gasteiger partial charge in [0.25, 0.3) is 12.2 Å². The number of hydrogen-bond donors (Lipinski definition) is 0. The molecule has 1 aromatic carbocycles. The van der Waals surface area contributed by atoms with Gasteiger partial charge in [-0.05, 0) is 24.8 Å². The van der Waals surface area contributed by atoms with Crippen molar-refractivity contribution in [3.05, 3.63) is 39.9 Å². The van der Waals surface area contributed by atoms with Crippen molar-refractivity contribution in [2.24, 2.45) is 0 Å². The predicted molar refractivity (Wildman–Crippen MR) is 67.3 cm³/mol. The number of benzene rings is 1. The molecule has 18 heavy (non-hydrogen) atoms. The summed E-state index contributed by atoms with van der Waals surface area (Å²) in [6.45, 7) is 0.956. The van der Waals surface area contributed by atoms with Gasteiger partial charge in [0.05, 0.1) is 11.5 Å². The first kappa shape index (κ1) is 14.2. The minimum Gasteiger partial charge on any atom is -0.468 e. The number of non-ortho nitro benzene ring substituents is 1. The Hall–Kier alpha value is -1.91. The smallest absolute Gasteiger partial charge is 0.293 e. The summed E-state index contributed by atoms with van der Waals surface area (Å²) in [5.41, 5.74) is 1.24. The zero-order valence-electron chi connectivity index (χ0n) is 10.2. The Balaban J connectivity index is 2.15. The fourth-order valence-corrected chi connectivity index (χ4v) is 1.70. The van der Waals surface area contributed by atoms with Gasteiger partial charge in [-0.2, -0.15) is 0 Å². The van der Waals surface area contributed by atoms with Crippen molar-refractivity contribution >= 4 is 12.2 Å². The van der Waals surface area contributed by atoms with E-state index in [0.29, 0.717) is 13.1 Å². The highest BCUT2D eigenvalue weighted by Gasteiger charge is 2.03. The predicted octanol–water partition coefficient (Wildman–Crippen LogP) is 2.87. The van der Waals surface area contributed by atoms with Gasteiger partial charge in [0.1, 0.15) is 0 Å². The average Bonchev–Trinajstić information content (AvgIpc) is 2.38. The Kier molecular flexibility index (Phi) is 6.46. The second kappa shape index (κ2) is 8.22. The molecule has 5 heteroatoms. The van der Waals surface area contributed by atoms with E-state index in [0.717, 1.165) is 37.7 Å². The maximum atomic E-state index is 10.5. The van der Waals surface area contributed by atoms with Crippen molar-refractivity contribution in [2.45, 2.75) is 32.1 Å². The Bertz CT molecular complexity index is 375. The van der Waals surface area contributed by atoms with Crippen LogP contribution in [0.1, 0.15) is 31.2 Å². The molecule has 1 aromatic rings. The number of carbonyl (C=O) groups is 1. The molecule has 0 bridgehead atoms. The van der Waals surface area contributed by atoms with E-state index in [2.05, 4.69) is 4.74 Å². The summed E-state index contributed by atoms with van der Waals surface area (Å²) < 4.78 is 4.59. The number of hydrogen-bond acceptors (Lipinski definition) is 4. The van der Waals surface area contributed by atoms with E-state index in [1.165, 1.54) is 12.1 Å². The van der Waals surface area contributed by atoms with Crippen LogP contribution in [-0.2, 0) is 16.0 Å². The van der Waals surface area contributed by atoms with Crippen LogP contribution in [0.2, 0.25) is 0 Å². The molecule has 0 radical (unpaired) electrons. The molecule has 0 aliphatic carbocycles. The molecule has 1 rings (SSSR count). The Morgan fingerprint density at radius 3 is 2.39 bits per heavy atom. The number of ether oxygens (including phenoxy) is 1. The fraction of sp³-hybridized carbons (Fsp3) is 0.462.